The molecule has 3 aromatic rings. The Kier molecular flexibility index (Phi) is 6.56. The molecule has 8 heteroatoms. The number of hydrogen-bond donors (Lipinski definition) is 2. The molecule has 0 amide bonds. The van der Waals surface area contributed by atoms with Gasteiger partial charge in [0.05, 0.1) is 18.8 Å². The molecule has 0 aliphatic heterocycles. The summed E-state index contributed by atoms with van der Waals surface area (Å²) in [7, 11) is 1.90. The van der Waals surface area contributed by atoms with E-state index in [-0.39, 0.29) is 5.82 Å². The second-order valence-corrected chi connectivity index (χ2v) is 6.05. The first-order valence-electron chi connectivity index (χ1n) is 9.01. The molecular weight excluding hydrogens is 359 g/mol. The summed E-state index contributed by atoms with van der Waals surface area (Å²) in [6.45, 7) is 3.86. The number of halogens is 1. The fraction of sp³-hybridized carbons (Fsp3) is 0.250. The van der Waals surface area contributed by atoms with E-state index in [1.807, 2.05) is 36.9 Å². The highest BCUT2D eigenvalue weighted by Gasteiger charge is 2.04. The second-order valence-electron chi connectivity index (χ2n) is 6.05. The van der Waals surface area contributed by atoms with Crippen LogP contribution in [0.5, 0.6) is 11.6 Å². The summed E-state index contributed by atoms with van der Waals surface area (Å²) in [4.78, 5) is 8.80. The topological polar surface area (TPSA) is 76.4 Å². The number of nitrogens with zero attached hydrogens (tertiary/aromatic N) is 4. The van der Waals surface area contributed by atoms with Crippen molar-refractivity contribution in [3.8, 4) is 11.6 Å². The lowest BCUT2D eigenvalue weighted by atomic mass is 10.2. The maximum absolute atomic E-state index is 13.0. The van der Waals surface area contributed by atoms with E-state index in [4.69, 9.17) is 4.74 Å². The minimum absolute atomic E-state index is 0.307. The largest absolute Gasteiger partial charge is 0.439 e. The first-order valence-corrected chi connectivity index (χ1v) is 9.01. The van der Waals surface area contributed by atoms with Crippen LogP contribution < -0.4 is 15.4 Å². The van der Waals surface area contributed by atoms with Crippen molar-refractivity contribution in [3.63, 3.8) is 0 Å². The number of aliphatic imine (C=N–C) groups is 1. The Morgan fingerprint density at radius 3 is 2.68 bits per heavy atom. The molecule has 3 rings (SSSR count). The van der Waals surface area contributed by atoms with Crippen LogP contribution >= 0.6 is 0 Å². The summed E-state index contributed by atoms with van der Waals surface area (Å²) in [5.41, 5.74) is 2.01. The summed E-state index contributed by atoms with van der Waals surface area (Å²) < 4.78 is 20.5. The maximum Gasteiger partial charge on any atom is 0.219 e. The molecule has 0 aliphatic carbocycles. The van der Waals surface area contributed by atoms with E-state index in [1.165, 1.54) is 12.1 Å². The van der Waals surface area contributed by atoms with E-state index in [0.717, 1.165) is 17.8 Å². The first-order chi connectivity index (χ1) is 13.6. The Balaban J connectivity index is 1.63. The van der Waals surface area contributed by atoms with Gasteiger partial charge in [0, 0.05) is 32.1 Å². The molecule has 2 N–H and O–H groups in total. The Hall–Kier alpha value is -3.42. The predicted molar refractivity (Wildman–Crippen MR) is 106 cm³/mol. The smallest absolute Gasteiger partial charge is 0.219 e. The standard InChI is InChI=1S/C20H23FN6O/c1-3-22-20(25-14-17-9-11-26-27(17)2)24-13-15-8-10-23-19(12-15)28-18-6-4-16(21)5-7-18/h4-12H,3,13-14H2,1-2H3,(H2,22,24,25). The molecule has 2 heterocycles. The van der Waals surface area contributed by atoms with Gasteiger partial charge in [-0.1, -0.05) is 0 Å². The van der Waals surface area contributed by atoms with Gasteiger partial charge in [-0.25, -0.2) is 14.4 Å². The lowest BCUT2D eigenvalue weighted by Crippen LogP contribution is -2.37. The summed E-state index contributed by atoms with van der Waals surface area (Å²) in [5.74, 6) is 1.37. The number of hydrogen-bond acceptors (Lipinski definition) is 4. The lowest BCUT2D eigenvalue weighted by molar-refractivity contribution is 0.460. The summed E-state index contributed by atoms with van der Waals surface area (Å²) in [5, 5.41) is 10.7. The number of nitrogens with one attached hydrogen (secondary N) is 2. The molecule has 146 valence electrons. The van der Waals surface area contributed by atoms with E-state index in [1.54, 1.807) is 24.5 Å². The summed E-state index contributed by atoms with van der Waals surface area (Å²) >= 11 is 0. The average Bonchev–Trinajstić information content (AvgIpc) is 3.11. The molecule has 0 radical (unpaired) electrons. The van der Waals surface area contributed by atoms with Crippen LogP contribution in [-0.4, -0.2) is 27.3 Å². The predicted octanol–water partition coefficient (Wildman–Crippen LogP) is 3.00. The van der Waals surface area contributed by atoms with Crippen LogP contribution in [0.15, 0.2) is 59.9 Å². The molecule has 0 fully saturated rings. The molecule has 0 unspecified atom stereocenters. The zero-order valence-corrected chi connectivity index (χ0v) is 15.9. The summed E-state index contributed by atoms with van der Waals surface area (Å²) in [6, 6.07) is 11.5. The number of ether oxygens (including phenoxy) is 1. The zero-order chi connectivity index (χ0) is 19.8. The van der Waals surface area contributed by atoms with Crippen molar-refractivity contribution in [1.29, 1.82) is 0 Å². The molecule has 28 heavy (non-hydrogen) atoms. The Morgan fingerprint density at radius 2 is 1.96 bits per heavy atom. The zero-order valence-electron chi connectivity index (χ0n) is 15.9. The molecule has 0 spiro atoms. The van der Waals surface area contributed by atoms with Gasteiger partial charge in [-0.2, -0.15) is 5.10 Å². The Morgan fingerprint density at radius 1 is 1.14 bits per heavy atom. The highest BCUT2D eigenvalue weighted by molar-refractivity contribution is 5.79. The molecule has 0 bridgehead atoms. The molecule has 0 saturated carbocycles. The van der Waals surface area contributed by atoms with E-state index in [0.29, 0.717) is 30.7 Å². The van der Waals surface area contributed by atoms with Gasteiger partial charge in [-0.05, 0) is 48.9 Å². The normalized spacial score (nSPS) is 11.3. The van der Waals surface area contributed by atoms with Crippen molar-refractivity contribution in [3.05, 3.63) is 71.9 Å². The SMILES string of the molecule is CCNC(=NCc1ccnc(Oc2ccc(F)cc2)c1)NCc1ccnn1C. The van der Waals surface area contributed by atoms with Gasteiger partial charge < -0.3 is 15.4 Å². The van der Waals surface area contributed by atoms with Gasteiger partial charge in [0.15, 0.2) is 5.96 Å². The molecule has 1 aromatic carbocycles. The lowest BCUT2D eigenvalue weighted by Gasteiger charge is -2.11. The van der Waals surface area contributed by atoms with Crippen LogP contribution in [0, 0.1) is 5.82 Å². The van der Waals surface area contributed by atoms with E-state index < -0.39 is 0 Å². The monoisotopic (exact) mass is 382 g/mol. The number of rotatable bonds is 7. The van der Waals surface area contributed by atoms with E-state index >= 15 is 0 Å². The van der Waals surface area contributed by atoms with Crippen LogP contribution in [0.3, 0.4) is 0 Å². The number of aryl methyl sites for hydroxylation is 1. The minimum Gasteiger partial charge on any atom is -0.439 e. The van der Waals surface area contributed by atoms with Crippen LogP contribution in [0.2, 0.25) is 0 Å². The first kappa shape index (κ1) is 19.3. The average molecular weight is 382 g/mol. The highest BCUT2D eigenvalue weighted by Crippen LogP contribution is 2.20. The van der Waals surface area contributed by atoms with Crippen molar-refractivity contribution >= 4 is 5.96 Å². The third-order valence-electron chi connectivity index (χ3n) is 3.96. The van der Waals surface area contributed by atoms with Crippen molar-refractivity contribution in [1.82, 2.24) is 25.4 Å². The molecule has 2 aromatic heterocycles. The third kappa shape index (κ3) is 5.54. The molecule has 0 atom stereocenters. The Labute approximate surface area is 163 Å². The fourth-order valence-corrected chi connectivity index (χ4v) is 2.49. The minimum atomic E-state index is -0.307. The van der Waals surface area contributed by atoms with Gasteiger partial charge in [0.25, 0.3) is 0 Å². The number of guanidine groups is 1. The van der Waals surface area contributed by atoms with Gasteiger partial charge in [-0.3, -0.25) is 4.68 Å². The number of pyridine rings is 1. The number of aromatic nitrogens is 3. The fourth-order valence-electron chi connectivity index (χ4n) is 2.49. The van der Waals surface area contributed by atoms with E-state index in [9.17, 15) is 4.39 Å². The molecular formula is C20H23FN6O. The van der Waals surface area contributed by atoms with Crippen molar-refractivity contribution < 1.29 is 9.13 Å². The quantitative estimate of drug-likeness (QED) is 0.485. The van der Waals surface area contributed by atoms with Gasteiger partial charge >= 0.3 is 0 Å². The van der Waals surface area contributed by atoms with Crippen LogP contribution in [-0.2, 0) is 20.1 Å². The van der Waals surface area contributed by atoms with Gasteiger partial charge in [0.2, 0.25) is 5.88 Å². The van der Waals surface area contributed by atoms with Crippen LogP contribution in [0.1, 0.15) is 18.2 Å². The molecule has 7 nitrogen and oxygen atoms in total. The van der Waals surface area contributed by atoms with Gasteiger partial charge in [0.1, 0.15) is 11.6 Å². The third-order valence-corrected chi connectivity index (χ3v) is 3.96. The van der Waals surface area contributed by atoms with Crippen LogP contribution in [0.4, 0.5) is 4.39 Å². The van der Waals surface area contributed by atoms with E-state index in [2.05, 4.69) is 25.7 Å². The highest BCUT2D eigenvalue weighted by atomic mass is 19.1. The van der Waals surface area contributed by atoms with Gasteiger partial charge in [-0.15, -0.1) is 0 Å². The van der Waals surface area contributed by atoms with Crippen molar-refractivity contribution in [2.24, 2.45) is 12.0 Å². The molecule has 0 saturated heterocycles. The van der Waals surface area contributed by atoms with Crippen molar-refractivity contribution in [2.75, 3.05) is 6.54 Å². The van der Waals surface area contributed by atoms with Crippen LogP contribution in [0.25, 0.3) is 0 Å². The number of benzene rings is 1. The summed E-state index contributed by atoms with van der Waals surface area (Å²) in [6.07, 6.45) is 3.43. The Bertz CT molecular complexity index is 922. The maximum atomic E-state index is 13.0. The second kappa shape index (κ2) is 9.50. The van der Waals surface area contributed by atoms with Crippen molar-refractivity contribution in [2.45, 2.75) is 20.0 Å². The molecule has 0 aliphatic rings.